The van der Waals surface area contributed by atoms with Crippen LogP contribution in [0.3, 0.4) is 0 Å². The number of phosphoric ester groups is 1. The summed E-state index contributed by atoms with van der Waals surface area (Å²) in [5, 5.41) is 40.0. The number of amides is 7. The van der Waals surface area contributed by atoms with E-state index in [4.69, 9.17) is 48.2 Å². The molecule has 0 radical (unpaired) electrons. The summed E-state index contributed by atoms with van der Waals surface area (Å²) in [6, 6.07) is 1.87. The average molecular weight is 1280 g/mol. The van der Waals surface area contributed by atoms with Crippen LogP contribution in [-0.2, 0) is 51.9 Å². The second-order valence-corrected chi connectivity index (χ2v) is 28.9. The molecular formula is C62H95N13O14P+. The van der Waals surface area contributed by atoms with Gasteiger partial charge in [0.1, 0.15) is 18.3 Å². The molecule has 90 heavy (non-hydrogen) atoms. The van der Waals surface area contributed by atoms with Gasteiger partial charge in [-0.2, -0.15) is 4.57 Å². The Morgan fingerprint density at radius 2 is 1.40 bits per heavy atom. The normalized spacial score (nSPS) is 35.0. The largest absolute Gasteiger partial charge is 0.472 e. The SMILES string of the molecule is C/C1=C2/NC(/C=C3\NC(/C(C)=C4\NC([C@H](CC(N)=O)[C@@]4(C)CCC(=O)NC[C@@H](C)OP(=O)(O)O[C@H]4[C@@H](O)[C@@H]([n+]5c[nH]c6cc(C)c(C)cc65)O[C@@H]4CO)[C@]4(C)NC1=C(CCC(N)=O)[C@]4(C)CC(N)=O)[C@@H](CCC(N)=O)C3(C)C)[C@@H](CCC(N)=O)[C@]2(C)CC(N)=O. The van der Waals surface area contributed by atoms with Gasteiger partial charge in [-0.05, 0) is 125 Å². The number of aryl methyl sites for hydroxylation is 2. The number of aromatic amines is 1. The number of nitrogens with one attached hydrogen (secondary N) is 6. The molecule has 2 aromatic rings. The first-order valence-corrected chi connectivity index (χ1v) is 32.4. The molecule has 0 saturated carbocycles. The number of carbonyl (C=O) groups is 7. The number of phosphoric acid groups is 1. The number of carbonyl (C=O) groups excluding carboxylic acids is 7. The summed E-state index contributed by atoms with van der Waals surface area (Å²) in [6.45, 7) is 19.9. The third kappa shape index (κ3) is 13.0. The highest BCUT2D eigenvalue weighted by molar-refractivity contribution is 7.47. The molecule has 1 aromatic carbocycles. The van der Waals surface area contributed by atoms with Crippen LogP contribution < -0.4 is 65.6 Å². The molecule has 6 aliphatic heterocycles. The molecule has 27 nitrogen and oxygen atoms in total. The lowest BCUT2D eigenvalue weighted by Gasteiger charge is -2.49. The van der Waals surface area contributed by atoms with Crippen molar-refractivity contribution in [2.24, 2.45) is 73.8 Å². The second kappa shape index (κ2) is 25.7. The molecule has 16 atom stereocenters. The minimum absolute atomic E-state index is 0.0206. The van der Waals surface area contributed by atoms with E-state index >= 15 is 0 Å². The van der Waals surface area contributed by atoms with Crippen LogP contribution >= 0.6 is 7.82 Å². The molecule has 6 aliphatic rings. The number of imidazole rings is 1. The molecule has 0 aliphatic carbocycles. The van der Waals surface area contributed by atoms with E-state index in [1.807, 2.05) is 67.5 Å². The third-order valence-electron chi connectivity index (χ3n) is 21.2. The molecule has 1 aromatic heterocycles. The van der Waals surface area contributed by atoms with E-state index in [9.17, 15) is 53.2 Å². The first-order chi connectivity index (χ1) is 41.8. The number of hydrogen-bond acceptors (Lipinski definition) is 17. The number of allylic oxidation sites excluding steroid dienone is 4. The molecule has 8 bridgehead atoms. The number of nitrogens with two attached hydrogens (primary N) is 6. The minimum atomic E-state index is -5.05. The van der Waals surface area contributed by atoms with Crippen LogP contribution in [0.1, 0.15) is 150 Å². The smallest absolute Gasteiger partial charge is 0.394 e. The van der Waals surface area contributed by atoms with E-state index in [0.717, 1.165) is 27.9 Å². The molecule has 4 saturated heterocycles. The van der Waals surface area contributed by atoms with Crippen LogP contribution in [0.15, 0.2) is 64.0 Å². The minimum Gasteiger partial charge on any atom is -0.394 e. The van der Waals surface area contributed by atoms with Crippen LogP contribution in [0.4, 0.5) is 0 Å². The van der Waals surface area contributed by atoms with E-state index in [2.05, 4.69) is 51.5 Å². The van der Waals surface area contributed by atoms with Crippen LogP contribution in [0.25, 0.3) is 11.0 Å². The van der Waals surface area contributed by atoms with Gasteiger partial charge in [0.2, 0.25) is 53.9 Å². The molecule has 8 rings (SSSR count). The molecule has 7 amide bonds. The number of aliphatic hydroxyl groups excluding tert-OH is 2. The number of ether oxygens (including phenoxy) is 1. The first kappa shape index (κ1) is 69.0. The average Bonchev–Trinajstić information content (AvgIpc) is 1.53. The van der Waals surface area contributed by atoms with Gasteiger partial charge in [-0.15, -0.1) is 0 Å². The molecule has 496 valence electrons. The molecule has 21 N–H and O–H groups in total. The van der Waals surface area contributed by atoms with Gasteiger partial charge in [0.15, 0.2) is 11.0 Å². The van der Waals surface area contributed by atoms with Gasteiger partial charge in [0, 0.05) is 108 Å². The zero-order valence-corrected chi connectivity index (χ0v) is 54.4. The Morgan fingerprint density at radius 3 is 2.00 bits per heavy atom. The summed E-state index contributed by atoms with van der Waals surface area (Å²) >= 11 is 0. The lowest BCUT2D eigenvalue weighted by atomic mass is 9.58. The molecule has 28 heteroatoms. The quantitative estimate of drug-likeness (QED) is 0.0467. The van der Waals surface area contributed by atoms with Gasteiger partial charge in [-0.3, -0.25) is 42.6 Å². The van der Waals surface area contributed by atoms with Gasteiger partial charge >= 0.3 is 7.82 Å². The number of aromatic nitrogens is 2. The molecule has 7 heterocycles. The van der Waals surface area contributed by atoms with Gasteiger partial charge in [0.25, 0.3) is 0 Å². The van der Waals surface area contributed by atoms with Gasteiger partial charge in [-0.25, -0.2) is 9.55 Å². The molecule has 4 unspecified atom stereocenters. The summed E-state index contributed by atoms with van der Waals surface area (Å²) in [7, 11) is -5.05. The maximum atomic E-state index is 14.4. The number of primary amides is 6. The number of nitrogens with zero attached hydrogens (tertiary/aromatic N) is 1. The fourth-order valence-corrected chi connectivity index (χ4v) is 17.2. The highest BCUT2D eigenvalue weighted by atomic mass is 31.2. The van der Waals surface area contributed by atoms with E-state index in [1.165, 1.54) is 6.92 Å². The number of H-pyrrole nitrogens is 1. The Morgan fingerprint density at radius 1 is 0.778 bits per heavy atom. The van der Waals surface area contributed by atoms with Crippen molar-refractivity contribution < 1.29 is 71.6 Å². The topological polar surface area (TPSA) is 461 Å². The number of aliphatic hydroxyl groups is 2. The summed E-state index contributed by atoms with van der Waals surface area (Å²) in [5.74, 6) is -5.77. The predicted octanol–water partition coefficient (Wildman–Crippen LogP) is 1.40. The zero-order valence-electron chi connectivity index (χ0n) is 53.5. The second-order valence-electron chi connectivity index (χ2n) is 27.5. The lowest BCUT2D eigenvalue weighted by Crippen LogP contribution is -2.64. The number of rotatable bonds is 26. The van der Waals surface area contributed by atoms with Gasteiger partial charge in [0.05, 0.1) is 30.3 Å². The van der Waals surface area contributed by atoms with Crippen LogP contribution in [0, 0.1) is 53.3 Å². The fourth-order valence-electron chi connectivity index (χ4n) is 16.1. The fraction of sp³-hybridized carbons (Fsp3) is 0.645. The van der Waals surface area contributed by atoms with Crippen molar-refractivity contribution in [2.45, 2.75) is 201 Å². The summed E-state index contributed by atoms with van der Waals surface area (Å²) in [6.07, 6.45) is -3.30. The van der Waals surface area contributed by atoms with Crippen molar-refractivity contribution >= 4 is 60.2 Å². The predicted molar refractivity (Wildman–Crippen MR) is 331 cm³/mol. The standard InChI is InChI=1S/C62H94N13O14P/c1-29-20-39-40(21-30(29)2)75(28-70-39)57-52(84)53(41(27-76)87-57)89-90(85,86)88-31(3)26-69-49(83)18-19-59(8)37(22-46(66)80)56-62(11)61(10,25-48(68)82)36(14-17-45(65)79)51(74-62)33(5)55-60(9,24-47(67)81)34(12-15-43(63)77)38(71-55)23-42-58(6,7)35(13-16-44(64)78)50(72-42)32(4)54(59)73-56/h20-21,23,28,31,34-35,37-38,41,50,52-53,56-57,71-74,76,84H,12-19,22,24-27H2,1-11H3,(H14,63,64,65,66,67,68,69,77,78,79,80,81,82,83,85,86)/p+1/b42-23-,54-32-,55-33-/t31-,34-,35-,37+,38?,41-,50?,52-,53-,56?,57+,59-,60+,61+,62+/m1/s1. The number of benzene rings is 1. The Kier molecular flexibility index (Phi) is 19.7. The Hall–Kier alpha value is -6.87. The summed E-state index contributed by atoms with van der Waals surface area (Å²) in [5.41, 5.74) is 38.7. The maximum Gasteiger partial charge on any atom is 0.472 e. The third-order valence-corrected chi connectivity index (χ3v) is 22.3. The highest BCUT2D eigenvalue weighted by Gasteiger charge is 2.66. The van der Waals surface area contributed by atoms with Crippen molar-refractivity contribution in [1.82, 2.24) is 31.6 Å². The van der Waals surface area contributed by atoms with E-state index < -0.39 is 144 Å². The molecular weight excluding hydrogens is 1180 g/mol. The first-order valence-electron chi connectivity index (χ1n) is 30.9. The maximum absolute atomic E-state index is 14.4. The van der Waals surface area contributed by atoms with E-state index in [1.54, 1.807) is 10.9 Å². The Bertz CT molecular complexity index is 3420. The van der Waals surface area contributed by atoms with Crippen LogP contribution in [0.5, 0.6) is 0 Å². The molecule has 4 fully saturated rings. The number of hydrogen-bond donors (Lipinski definition) is 15. The summed E-state index contributed by atoms with van der Waals surface area (Å²) < 4.78 is 32.4. The van der Waals surface area contributed by atoms with Gasteiger partial charge in [-0.1, -0.05) is 34.6 Å². The van der Waals surface area contributed by atoms with Crippen molar-refractivity contribution in [3.63, 3.8) is 0 Å². The van der Waals surface area contributed by atoms with E-state index in [0.29, 0.717) is 40.2 Å². The Labute approximate surface area is 524 Å². The van der Waals surface area contributed by atoms with Crippen molar-refractivity contribution in [2.75, 3.05) is 13.2 Å². The van der Waals surface area contributed by atoms with Crippen molar-refractivity contribution in [3.05, 3.63) is 75.2 Å². The molecule has 0 spiro atoms. The number of fused-ring (bicyclic) bond motifs is 10. The van der Waals surface area contributed by atoms with Crippen molar-refractivity contribution in [1.29, 1.82) is 0 Å². The lowest BCUT2D eigenvalue weighted by molar-refractivity contribution is -0.743. The van der Waals surface area contributed by atoms with Crippen LogP contribution in [-0.4, -0.2) is 123 Å². The van der Waals surface area contributed by atoms with E-state index in [-0.39, 0.29) is 76.7 Å². The highest BCUT2D eigenvalue weighted by Crippen LogP contribution is 2.62. The monoisotopic (exact) mass is 1280 g/mol. The Balaban J connectivity index is 1.18. The van der Waals surface area contributed by atoms with Crippen LogP contribution in [0.2, 0.25) is 0 Å². The van der Waals surface area contributed by atoms with Crippen molar-refractivity contribution in [3.8, 4) is 0 Å². The summed E-state index contributed by atoms with van der Waals surface area (Å²) in [4.78, 5) is 108. The van der Waals surface area contributed by atoms with Gasteiger partial charge < -0.3 is 80.8 Å². The zero-order chi connectivity index (χ0) is 66.7.